The van der Waals surface area contributed by atoms with Crippen LogP contribution in [-0.4, -0.2) is 23.3 Å². The van der Waals surface area contributed by atoms with E-state index < -0.39 is 0 Å². The lowest BCUT2D eigenvalue weighted by molar-refractivity contribution is 0.196. The lowest BCUT2D eigenvalue weighted by Crippen LogP contribution is -2.03. The lowest BCUT2D eigenvalue weighted by atomic mass is 10.3. The van der Waals surface area contributed by atoms with E-state index in [1.165, 1.54) is 12.1 Å². The van der Waals surface area contributed by atoms with E-state index in [1.54, 1.807) is 0 Å². The van der Waals surface area contributed by atoms with Crippen LogP contribution in [0.3, 0.4) is 0 Å². The van der Waals surface area contributed by atoms with Gasteiger partial charge < -0.3 is 9.84 Å². The zero-order valence-corrected chi connectivity index (χ0v) is 7.45. The monoisotopic (exact) mass is 198 g/mol. The van der Waals surface area contributed by atoms with Gasteiger partial charge in [-0.1, -0.05) is 11.6 Å². The minimum Gasteiger partial charge on any atom is -0.475 e. The molecule has 13 heavy (non-hydrogen) atoms. The molecule has 0 atom stereocenters. The van der Waals surface area contributed by atoms with Crippen molar-refractivity contribution in [3.05, 3.63) is 22.8 Å². The second-order valence-corrected chi connectivity index (χ2v) is 2.53. The first-order valence-electron chi connectivity index (χ1n) is 3.58. The zero-order valence-electron chi connectivity index (χ0n) is 6.70. The van der Waals surface area contributed by atoms with Crippen LogP contribution in [0.4, 0.5) is 0 Å². The van der Waals surface area contributed by atoms with E-state index >= 15 is 0 Å². The summed E-state index contributed by atoms with van der Waals surface area (Å²) in [7, 11) is 0. The minimum absolute atomic E-state index is 0.0840. The standard InChI is InChI=1S/C8H7ClN2O2/c9-8-6(5-10)1-2-7(11-8)13-4-3-12/h1-2,12H,3-4H2. The summed E-state index contributed by atoms with van der Waals surface area (Å²) in [5.41, 5.74) is 0.304. The van der Waals surface area contributed by atoms with Crippen molar-refractivity contribution in [1.29, 1.82) is 5.26 Å². The largest absolute Gasteiger partial charge is 0.475 e. The van der Waals surface area contributed by atoms with Crippen LogP contribution in [0, 0.1) is 11.3 Å². The van der Waals surface area contributed by atoms with Crippen molar-refractivity contribution >= 4 is 11.6 Å². The Kier molecular flexibility index (Phi) is 3.50. The van der Waals surface area contributed by atoms with Crippen LogP contribution in [0.1, 0.15) is 5.56 Å². The number of ether oxygens (including phenoxy) is 1. The third-order valence-corrected chi connectivity index (χ3v) is 1.57. The van der Waals surface area contributed by atoms with E-state index in [2.05, 4.69) is 4.98 Å². The predicted molar refractivity (Wildman–Crippen MR) is 46.5 cm³/mol. The third-order valence-electron chi connectivity index (χ3n) is 1.28. The average molecular weight is 199 g/mol. The molecule has 0 aromatic carbocycles. The Balaban J connectivity index is 2.79. The van der Waals surface area contributed by atoms with Crippen LogP contribution >= 0.6 is 11.6 Å². The second-order valence-electron chi connectivity index (χ2n) is 2.17. The summed E-state index contributed by atoms with van der Waals surface area (Å²) in [5.74, 6) is 0.304. The number of nitrogens with zero attached hydrogens (tertiary/aromatic N) is 2. The molecular weight excluding hydrogens is 192 g/mol. The zero-order chi connectivity index (χ0) is 9.68. The van der Waals surface area contributed by atoms with Crippen molar-refractivity contribution in [2.24, 2.45) is 0 Å². The number of aromatic nitrogens is 1. The summed E-state index contributed by atoms with van der Waals surface area (Å²) < 4.78 is 4.98. The Morgan fingerprint density at radius 3 is 2.92 bits per heavy atom. The normalized spacial score (nSPS) is 9.31. The van der Waals surface area contributed by atoms with Crippen LogP contribution in [0.5, 0.6) is 5.88 Å². The quantitative estimate of drug-likeness (QED) is 0.736. The van der Waals surface area contributed by atoms with Gasteiger partial charge in [-0.15, -0.1) is 0 Å². The molecule has 0 aliphatic heterocycles. The Morgan fingerprint density at radius 1 is 1.62 bits per heavy atom. The van der Waals surface area contributed by atoms with Crippen molar-refractivity contribution in [3.63, 3.8) is 0 Å². The maximum atomic E-state index is 8.53. The molecule has 0 unspecified atom stereocenters. The smallest absolute Gasteiger partial charge is 0.214 e. The number of aliphatic hydroxyl groups excluding tert-OH is 1. The van der Waals surface area contributed by atoms with Gasteiger partial charge in [0.05, 0.1) is 12.2 Å². The van der Waals surface area contributed by atoms with Crippen LogP contribution < -0.4 is 4.74 Å². The molecule has 1 N–H and O–H groups in total. The van der Waals surface area contributed by atoms with E-state index in [4.69, 9.17) is 26.7 Å². The number of halogens is 1. The fourth-order valence-corrected chi connectivity index (χ4v) is 0.920. The second kappa shape index (κ2) is 4.65. The highest BCUT2D eigenvalue weighted by molar-refractivity contribution is 6.30. The van der Waals surface area contributed by atoms with Gasteiger partial charge >= 0.3 is 0 Å². The summed E-state index contributed by atoms with van der Waals surface area (Å²) in [5, 5.41) is 17.1. The summed E-state index contributed by atoms with van der Waals surface area (Å²) in [6.07, 6.45) is 0. The summed E-state index contributed by atoms with van der Waals surface area (Å²) in [6.45, 7) is 0.0779. The van der Waals surface area contributed by atoms with Crippen molar-refractivity contribution in [3.8, 4) is 11.9 Å². The molecule has 1 aromatic rings. The molecule has 0 bridgehead atoms. The van der Waals surface area contributed by atoms with Crippen molar-refractivity contribution in [2.75, 3.05) is 13.2 Å². The van der Waals surface area contributed by atoms with Gasteiger partial charge in [0.25, 0.3) is 0 Å². The highest BCUT2D eigenvalue weighted by atomic mass is 35.5. The van der Waals surface area contributed by atoms with Gasteiger partial charge in [0.2, 0.25) is 5.88 Å². The number of rotatable bonds is 3. The molecule has 1 rings (SSSR count). The molecule has 0 spiro atoms. The predicted octanol–water partition coefficient (Wildman–Crippen LogP) is 0.978. The first-order chi connectivity index (χ1) is 6.27. The van der Waals surface area contributed by atoms with E-state index in [-0.39, 0.29) is 18.4 Å². The molecule has 0 saturated heterocycles. The molecule has 0 fully saturated rings. The van der Waals surface area contributed by atoms with Crippen molar-refractivity contribution < 1.29 is 9.84 Å². The Bertz CT molecular complexity index is 335. The van der Waals surface area contributed by atoms with Crippen LogP contribution in [0.2, 0.25) is 5.15 Å². The molecule has 1 aromatic heterocycles. The molecule has 1 heterocycles. The molecule has 4 nitrogen and oxygen atoms in total. The molecule has 0 aliphatic rings. The van der Waals surface area contributed by atoms with Gasteiger partial charge in [-0.3, -0.25) is 0 Å². The van der Waals surface area contributed by atoms with Crippen LogP contribution in [-0.2, 0) is 0 Å². The lowest BCUT2D eigenvalue weighted by Gasteiger charge is -2.02. The maximum Gasteiger partial charge on any atom is 0.214 e. The number of aliphatic hydroxyl groups is 1. The summed E-state index contributed by atoms with van der Waals surface area (Å²) in [4.78, 5) is 3.79. The number of nitriles is 1. The van der Waals surface area contributed by atoms with Crippen LogP contribution in [0.25, 0.3) is 0 Å². The van der Waals surface area contributed by atoms with E-state index in [9.17, 15) is 0 Å². The van der Waals surface area contributed by atoms with Gasteiger partial charge in [-0.2, -0.15) is 5.26 Å². The fraction of sp³-hybridized carbons (Fsp3) is 0.250. The minimum atomic E-state index is -0.0840. The first-order valence-corrected chi connectivity index (χ1v) is 3.96. The maximum absolute atomic E-state index is 8.53. The van der Waals surface area contributed by atoms with Gasteiger partial charge in [-0.05, 0) is 6.07 Å². The van der Waals surface area contributed by atoms with Crippen molar-refractivity contribution in [1.82, 2.24) is 4.98 Å². The van der Waals surface area contributed by atoms with E-state index in [0.29, 0.717) is 11.4 Å². The van der Waals surface area contributed by atoms with Crippen LogP contribution in [0.15, 0.2) is 12.1 Å². The molecule has 5 heteroatoms. The molecular formula is C8H7ClN2O2. The Labute approximate surface area is 80.3 Å². The number of pyridine rings is 1. The molecule has 0 saturated carbocycles. The SMILES string of the molecule is N#Cc1ccc(OCCO)nc1Cl. The van der Waals surface area contributed by atoms with Gasteiger partial charge in [0.1, 0.15) is 12.7 Å². The third kappa shape index (κ3) is 2.58. The number of hydrogen-bond acceptors (Lipinski definition) is 4. The number of hydrogen-bond donors (Lipinski definition) is 1. The summed E-state index contributed by atoms with van der Waals surface area (Å²) >= 11 is 5.63. The van der Waals surface area contributed by atoms with E-state index in [0.717, 1.165) is 0 Å². The summed E-state index contributed by atoms with van der Waals surface area (Å²) in [6, 6.07) is 4.92. The van der Waals surface area contributed by atoms with E-state index in [1.807, 2.05) is 6.07 Å². The van der Waals surface area contributed by atoms with Crippen molar-refractivity contribution in [2.45, 2.75) is 0 Å². The first kappa shape index (κ1) is 9.78. The average Bonchev–Trinajstić information content (AvgIpc) is 2.15. The molecule has 0 amide bonds. The highest BCUT2D eigenvalue weighted by Crippen LogP contribution is 2.16. The molecule has 0 aliphatic carbocycles. The molecule has 0 radical (unpaired) electrons. The van der Waals surface area contributed by atoms with Gasteiger partial charge in [0, 0.05) is 6.07 Å². The topological polar surface area (TPSA) is 66.1 Å². The van der Waals surface area contributed by atoms with Gasteiger partial charge in [-0.25, -0.2) is 4.98 Å². The molecule has 68 valence electrons. The Morgan fingerprint density at radius 2 is 2.38 bits per heavy atom. The fourth-order valence-electron chi connectivity index (χ4n) is 0.732. The Hall–Kier alpha value is -1.31. The highest BCUT2D eigenvalue weighted by Gasteiger charge is 2.02. The van der Waals surface area contributed by atoms with Gasteiger partial charge in [0.15, 0.2) is 5.15 Å².